The number of rotatable bonds is 4. The Morgan fingerprint density at radius 2 is 2.00 bits per heavy atom. The Labute approximate surface area is 175 Å². The van der Waals surface area contributed by atoms with Gasteiger partial charge >= 0.3 is 0 Å². The zero-order valence-electron chi connectivity index (χ0n) is 15.6. The summed E-state index contributed by atoms with van der Waals surface area (Å²) in [6.07, 6.45) is 4.14. The van der Waals surface area contributed by atoms with Crippen molar-refractivity contribution < 1.29 is 18.8 Å². The van der Waals surface area contributed by atoms with Gasteiger partial charge in [-0.1, -0.05) is 28.8 Å². The lowest BCUT2D eigenvalue weighted by Crippen LogP contribution is -2.38. The molecule has 0 spiro atoms. The number of hydrogen-bond donors (Lipinski definition) is 2. The first-order valence-electron chi connectivity index (χ1n) is 9.60. The smallest absolute Gasteiger partial charge is 0.271 e. The molecule has 1 aromatic heterocycles. The molecule has 4 rings (SSSR count). The van der Waals surface area contributed by atoms with Crippen molar-refractivity contribution in [1.29, 1.82) is 0 Å². The lowest BCUT2D eigenvalue weighted by molar-refractivity contribution is -0.122. The fourth-order valence-electron chi connectivity index (χ4n) is 4.12. The molecule has 9 heteroatoms. The van der Waals surface area contributed by atoms with Gasteiger partial charge in [0.05, 0.1) is 24.0 Å². The van der Waals surface area contributed by atoms with Crippen LogP contribution in [0.3, 0.4) is 0 Å². The minimum absolute atomic E-state index is 0.000176. The zero-order valence-corrected chi connectivity index (χ0v) is 17.2. The average Bonchev–Trinajstić information content (AvgIpc) is 3.11. The van der Waals surface area contributed by atoms with Crippen LogP contribution in [0.1, 0.15) is 46.5 Å². The lowest BCUT2D eigenvalue weighted by atomic mass is 9.75. The van der Waals surface area contributed by atoms with Crippen LogP contribution in [0.5, 0.6) is 0 Å². The molecule has 152 valence electrons. The minimum Gasteiger partial charge on any atom is -0.349 e. The van der Waals surface area contributed by atoms with Gasteiger partial charge in [-0.05, 0) is 31.0 Å². The van der Waals surface area contributed by atoms with E-state index in [0.717, 1.165) is 12.8 Å². The summed E-state index contributed by atoms with van der Waals surface area (Å²) in [4.78, 5) is 38.2. The molecule has 2 aromatic rings. The molecule has 0 radical (unpaired) electrons. The number of benzene rings is 1. The van der Waals surface area contributed by atoms with Gasteiger partial charge in [0.25, 0.3) is 5.91 Å². The monoisotopic (exact) mass is 462 g/mol. The molecule has 1 aromatic carbocycles. The van der Waals surface area contributed by atoms with Crippen LogP contribution in [0.25, 0.3) is 0 Å². The second-order valence-corrected chi connectivity index (χ2v) is 8.28. The van der Waals surface area contributed by atoms with Crippen molar-refractivity contribution in [3.05, 3.63) is 45.9 Å². The second kappa shape index (κ2) is 8.06. The van der Waals surface area contributed by atoms with Gasteiger partial charge in [0, 0.05) is 22.9 Å². The SMILES string of the molecule is O=C1NCCn2ncc(NC(=O)[C@H]3CCCC[C@@H]3C(=O)c3ccc(Br)cc3F)c21. The summed E-state index contributed by atoms with van der Waals surface area (Å²) >= 11 is 3.19. The highest BCUT2D eigenvalue weighted by atomic mass is 79.9. The molecule has 1 aliphatic heterocycles. The Bertz CT molecular complexity index is 990. The predicted molar refractivity (Wildman–Crippen MR) is 107 cm³/mol. The highest BCUT2D eigenvalue weighted by Crippen LogP contribution is 2.34. The molecule has 29 heavy (non-hydrogen) atoms. The number of anilines is 1. The average molecular weight is 463 g/mol. The first-order valence-corrected chi connectivity index (χ1v) is 10.4. The molecule has 2 N–H and O–H groups in total. The maximum Gasteiger partial charge on any atom is 0.271 e. The van der Waals surface area contributed by atoms with Crippen LogP contribution < -0.4 is 10.6 Å². The Balaban J connectivity index is 1.56. The largest absolute Gasteiger partial charge is 0.349 e. The molecular formula is C20H20BrFN4O3. The predicted octanol–water partition coefficient (Wildman–Crippen LogP) is 3.16. The first-order chi connectivity index (χ1) is 14.0. The fraction of sp³-hybridized carbons (Fsp3) is 0.400. The molecule has 7 nitrogen and oxygen atoms in total. The maximum atomic E-state index is 14.3. The number of Topliss-reactive ketones (excluding diaryl/α,β-unsaturated/α-hetero) is 1. The Morgan fingerprint density at radius 3 is 2.76 bits per heavy atom. The molecule has 0 unspecified atom stereocenters. The van der Waals surface area contributed by atoms with Gasteiger partial charge in [0.2, 0.25) is 5.91 Å². The number of amides is 2. The molecule has 1 fully saturated rings. The molecule has 2 amide bonds. The topological polar surface area (TPSA) is 93.1 Å². The van der Waals surface area contributed by atoms with Crippen molar-refractivity contribution in [3.8, 4) is 0 Å². The molecular weight excluding hydrogens is 443 g/mol. The molecule has 2 atom stereocenters. The van der Waals surface area contributed by atoms with Crippen LogP contribution in [0, 0.1) is 17.7 Å². The summed E-state index contributed by atoms with van der Waals surface area (Å²) in [5, 5.41) is 9.65. The van der Waals surface area contributed by atoms with Crippen molar-refractivity contribution in [2.24, 2.45) is 11.8 Å². The van der Waals surface area contributed by atoms with Crippen LogP contribution >= 0.6 is 15.9 Å². The molecule has 2 heterocycles. The van der Waals surface area contributed by atoms with Crippen molar-refractivity contribution in [1.82, 2.24) is 15.1 Å². The van der Waals surface area contributed by atoms with E-state index in [9.17, 15) is 18.8 Å². The van der Waals surface area contributed by atoms with Gasteiger partial charge in [-0.2, -0.15) is 5.10 Å². The molecule has 0 bridgehead atoms. The number of aromatic nitrogens is 2. The van der Waals surface area contributed by atoms with E-state index >= 15 is 0 Å². The van der Waals surface area contributed by atoms with Gasteiger partial charge < -0.3 is 10.6 Å². The Hall–Kier alpha value is -2.55. The van der Waals surface area contributed by atoms with E-state index in [-0.39, 0.29) is 23.2 Å². The van der Waals surface area contributed by atoms with E-state index in [1.54, 1.807) is 10.7 Å². The van der Waals surface area contributed by atoms with E-state index in [4.69, 9.17) is 0 Å². The van der Waals surface area contributed by atoms with Gasteiger partial charge in [-0.15, -0.1) is 0 Å². The number of nitrogens with one attached hydrogen (secondary N) is 2. The fourth-order valence-corrected chi connectivity index (χ4v) is 4.45. The van der Waals surface area contributed by atoms with Crippen LogP contribution in [0.4, 0.5) is 10.1 Å². The van der Waals surface area contributed by atoms with E-state index in [1.165, 1.54) is 18.3 Å². The van der Waals surface area contributed by atoms with Crippen LogP contribution in [-0.2, 0) is 11.3 Å². The van der Waals surface area contributed by atoms with Crippen molar-refractivity contribution in [2.75, 3.05) is 11.9 Å². The Kier molecular flexibility index (Phi) is 5.49. The molecule has 1 aliphatic carbocycles. The van der Waals surface area contributed by atoms with Crippen LogP contribution in [-0.4, -0.2) is 33.9 Å². The minimum atomic E-state index is -0.600. The second-order valence-electron chi connectivity index (χ2n) is 7.36. The van der Waals surface area contributed by atoms with Crippen molar-refractivity contribution in [2.45, 2.75) is 32.2 Å². The van der Waals surface area contributed by atoms with E-state index in [2.05, 4.69) is 31.7 Å². The van der Waals surface area contributed by atoms with Crippen molar-refractivity contribution in [3.63, 3.8) is 0 Å². The maximum absolute atomic E-state index is 14.3. The number of halogens is 2. The number of carbonyl (C=O) groups excluding carboxylic acids is 3. The van der Waals surface area contributed by atoms with Gasteiger partial charge in [-0.25, -0.2) is 4.39 Å². The summed E-state index contributed by atoms with van der Waals surface area (Å²) < 4.78 is 16.4. The summed E-state index contributed by atoms with van der Waals surface area (Å²) in [6.45, 7) is 1.02. The number of hydrogen-bond acceptors (Lipinski definition) is 4. The van der Waals surface area contributed by atoms with E-state index in [0.29, 0.717) is 41.8 Å². The summed E-state index contributed by atoms with van der Waals surface area (Å²) in [7, 11) is 0. The summed E-state index contributed by atoms with van der Waals surface area (Å²) in [5.41, 5.74) is 0.640. The highest BCUT2D eigenvalue weighted by molar-refractivity contribution is 9.10. The standard InChI is InChI=1S/C20H20BrFN4O3/c21-11-5-6-14(15(22)9-11)18(27)12-3-1-2-4-13(12)19(28)25-16-10-24-26-8-7-23-20(29)17(16)26/h5-6,9-10,12-13H,1-4,7-8H2,(H,23,29)(H,25,28)/t12-,13-/m0/s1. The number of nitrogens with zero attached hydrogens (tertiary/aromatic N) is 2. The third-order valence-corrected chi connectivity index (χ3v) is 6.05. The quantitative estimate of drug-likeness (QED) is 0.682. The zero-order chi connectivity index (χ0) is 20.5. The normalized spacial score (nSPS) is 21.2. The third-order valence-electron chi connectivity index (χ3n) is 5.56. The summed E-state index contributed by atoms with van der Waals surface area (Å²) in [6, 6.07) is 4.32. The summed E-state index contributed by atoms with van der Waals surface area (Å²) in [5.74, 6) is -2.77. The van der Waals surface area contributed by atoms with Crippen molar-refractivity contribution >= 4 is 39.2 Å². The van der Waals surface area contributed by atoms with Crippen LogP contribution in [0.2, 0.25) is 0 Å². The van der Waals surface area contributed by atoms with E-state index in [1.807, 2.05) is 0 Å². The Morgan fingerprint density at radius 1 is 1.24 bits per heavy atom. The molecule has 1 saturated carbocycles. The third kappa shape index (κ3) is 3.83. The number of ketones is 1. The number of carbonyl (C=O) groups is 3. The number of fused-ring (bicyclic) bond motifs is 1. The highest BCUT2D eigenvalue weighted by Gasteiger charge is 2.37. The van der Waals surface area contributed by atoms with Crippen LogP contribution in [0.15, 0.2) is 28.9 Å². The van der Waals surface area contributed by atoms with Gasteiger partial charge in [0.1, 0.15) is 11.5 Å². The van der Waals surface area contributed by atoms with Gasteiger partial charge in [0.15, 0.2) is 5.78 Å². The molecule has 0 saturated heterocycles. The lowest BCUT2D eigenvalue weighted by Gasteiger charge is -2.29. The molecule has 2 aliphatic rings. The first kappa shape index (κ1) is 19.8. The van der Waals surface area contributed by atoms with E-state index < -0.39 is 17.7 Å². The van der Waals surface area contributed by atoms with Gasteiger partial charge in [-0.3, -0.25) is 19.1 Å².